The summed E-state index contributed by atoms with van der Waals surface area (Å²) in [5.41, 5.74) is 1.06. The van der Waals surface area contributed by atoms with Crippen molar-refractivity contribution >= 4 is 21.8 Å². The number of halogens is 2. The van der Waals surface area contributed by atoms with E-state index in [9.17, 15) is 9.18 Å². The smallest absolute Gasteiger partial charge is 0.227 e. The average molecular weight is 298 g/mol. The van der Waals surface area contributed by atoms with Crippen molar-refractivity contribution in [3.8, 4) is 0 Å². The van der Waals surface area contributed by atoms with Crippen molar-refractivity contribution in [3.63, 3.8) is 0 Å². The minimum Gasteiger partial charge on any atom is -0.331 e. The largest absolute Gasteiger partial charge is 0.331 e. The quantitative estimate of drug-likeness (QED) is 0.768. The number of hydrogen-bond donors (Lipinski definition) is 0. The second kappa shape index (κ2) is 4.09. The first-order valence-corrected chi connectivity index (χ1v) is 6.72. The molecule has 1 aromatic carbocycles. The molecule has 1 saturated carbocycles. The second-order valence-corrected chi connectivity index (χ2v) is 5.80. The lowest BCUT2D eigenvalue weighted by molar-refractivity contribution is -0.136. The highest BCUT2D eigenvalue weighted by molar-refractivity contribution is 9.09. The molecule has 0 N–H and O–H groups in total. The Hall–Kier alpha value is -0.900. The number of fused-ring (bicyclic) bond motifs is 2. The van der Waals surface area contributed by atoms with E-state index in [1.54, 1.807) is 4.90 Å². The summed E-state index contributed by atoms with van der Waals surface area (Å²) >= 11 is 3.46. The molecule has 4 atom stereocenters. The van der Waals surface area contributed by atoms with Gasteiger partial charge in [0.1, 0.15) is 6.17 Å². The fraction of sp³-hybridized carbons (Fsp3) is 0.462. The Morgan fingerprint density at radius 3 is 2.71 bits per heavy atom. The van der Waals surface area contributed by atoms with Gasteiger partial charge in [-0.2, -0.15) is 0 Å². The molecule has 0 unspecified atom stereocenters. The molecule has 1 amide bonds. The number of alkyl halides is 2. The van der Waals surface area contributed by atoms with Crippen LogP contribution in [0.3, 0.4) is 0 Å². The van der Waals surface area contributed by atoms with E-state index in [0.717, 1.165) is 5.56 Å². The number of rotatable bonds is 2. The second-order valence-electron chi connectivity index (χ2n) is 4.74. The lowest BCUT2D eigenvalue weighted by Gasteiger charge is -2.29. The van der Waals surface area contributed by atoms with Crippen LogP contribution in [0.25, 0.3) is 0 Å². The molecule has 0 aromatic heterocycles. The minimum atomic E-state index is -0.884. The van der Waals surface area contributed by atoms with Gasteiger partial charge in [0.05, 0.1) is 12.0 Å². The minimum absolute atomic E-state index is 0.0197. The Kier molecular flexibility index (Phi) is 2.69. The number of nitrogens with zero attached hydrogens (tertiary/aromatic N) is 1. The zero-order valence-corrected chi connectivity index (χ0v) is 10.8. The Morgan fingerprint density at radius 1 is 1.35 bits per heavy atom. The number of amides is 1. The van der Waals surface area contributed by atoms with Gasteiger partial charge in [-0.3, -0.25) is 4.79 Å². The molecule has 0 radical (unpaired) electrons. The number of likely N-dealkylation sites (tertiary alicyclic amines) is 1. The van der Waals surface area contributed by atoms with Crippen LogP contribution in [0.15, 0.2) is 30.3 Å². The first kappa shape index (κ1) is 11.2. The Labute approximate surface area is 108 Å². The van der Waals surface area contributed by atoms with Crippen LogP contribution in [-0.4, -0.2) is 27.8 Å². The molecule has 2 nitrogen and oxygen atoms in total. The molecule has 90 valence electrons. The fourth-order valence-corrected chi connectivity index (χ4v) is 3.94. The third-order valence-corrected chi connectivity index (χ3v) is 4.90. The van der Waals surface area contributed by atoms with Crippen molar-refractivity contribution < 1.29 is 9.18 Å². The van der Waals surface area contributed by atoms with E-state index in [4.69, 9.17) is 0 Å². The third kappa shape index (κ3) is 1.69. The molecule has 3 rings (SSSR count). The van der Waals surface area contributed by atoms with E-state index in [1.807, 2.05) is 30.3 Å². The Morgan fingerprint density at radius 2 is 2.06 bits per heavy atom. The molecule has 1 aliphatic carbocycles. The van der Waals surface area contributed by atoms with Crippen LogP contribution in [0, 0.1) is 5.92 Å². The normalized spacial score (nSPS) is 35.6. The van der Waals surface area contributed by atoms with E-state index in [-0.39, 0.29) is 22.7 Å². The third-order valence-electron chi connectivity index (χ3n) is 3.72. The Bertz CT molecular complexity index is 438. The number of benzene rings is 1. The Balaban J connectivity index is 1.83. The molecule has 4 heteroatoms. The van der Waals surface area contributed by atoms with Crippen LogP contribution in [-0.2, 0) is 11.3 Å². The van der Waals surface area contributed by atoms with Crippen LogP contribution < -0.4 is 0 Å². The number of carbonyl (C=O) groups excluding carboxylic acids is 1. The summed E-state index contributed by atoms with van der Waals surface area (Å²) in [4.78, 5) is 13.7. The first-order valence-electron chi connectivity index (χ1n) is 5.81. The number of piperidine rings is 1. The fourth-order valence-electron chi connectivity index (χ4n) is 2.88. The van der Waals surface area contributed by atoms with Crippen molar-refractivity contribution in [3.05, 3.63) is 35.9 Å². The lowest BCUT2D eigenvalue weighted by Crippen LogP contribution is -2.43. The van der Waals surface area contributed by atoms with Crippen LogP contribution in [0.1, 0.15) is 12.0 Å². The maximum absolute atomic E-state index is 13.8. The van der Waals surface area contributed by atoms with Crippen molar-refractivity contribution in [2.45, 2.75) is 30.0 Å². The molecule has 0 spiro atoms. The highest BCUT2D eigenvalue weighted by Gasteiger charge is 2.57. The van der Waals surface area contributed by atoms with Gasteiger partial charge in [-0.15, -0.1) is 0 Å². The van der Waals surface area contributed by atoms with Crippen molar-refractivity contribution in [1.29, 1.82) is 0 Å². The highest BCUT2D eigenvalue weighted by atomic mass is 79.9. The van der Waals surface area contributed by atoms with Crippen LogP contribution in [0.5, 0.6) is 0 Å². The molecule has 2 bridgehead atoms. The average Bonchev–Trinajstić information content (AvgIpc) is 2.73. The maximum Gasteiger partial charge on any atom is 0.227 e. The van der Waals surface area contributed by atoms with Crippen LogP contribution >= 0.6 is 15.9 Å². The van der Waals surface area contributed by atoms with Crippen LogP contribution in [0.4, 0.5) is 4.39 Å². The van der Waals surface area contributed by atoms with Gasteiger partial charge in [-0.05, 0) is 12.0 Å². The van der Waals surface area contributed by atoms with Crippen molar-refractivity contribution in [1.82, 2.24) is 4.90 Å². The summed E-state index contributed by atoms with van der Waals surface area (Å²) < 4.78 is 13.8. The molecule has 2 aliphatic rings. The van der Waals surface area contributed by atoms with Gasteiger partial charge in [0.2, 0.25) is 5.91 Å². The summed E-state index contributed by atoms with van der Waals surface area (Å²) in [5, 5.41) is 0. The zero-order chi connectivity index (χ0) is 12.0. The summed E-state index contributed by atoms with van der Waals surface area (Å²) in [6.45, 7) is 0.517. The summed E-state index contributed by atoms with van der Waals surface area (Å²) in [6.07, 6.45) is -0.504. The van der Waals surface area contributed by atoms with Gasteiger partial charge >= 0.3 is 0 Å². The van der Waals surface area contributed by atoms with Crippen LogP contribution in [0.2, 0.25) is 0 Å². The highest BCUT2D eigenvalue weighted by Crippen LogP contribution is 2.45. The predicted octanol–water partition coefficient (Wildman–Crippen LogP) is 2.52. The van der Waals surface area contributed by atoms with Gasteiger partial charge in [0.15, 0.2) is 0 Å². The zero-order valence-electron chi connectivity index (χ0n) is 9.22. The molecule has 17 heavy (non-hydrogen) atoms. The topological polar surface area (TPSA) is 20.3 Å². The standard InChI is InChI=1S/C13H13BrFNO/c14-11-9-6-10(15)12(11)16(13(9)17)7-8-4-2-1-3-5-8/h1-5,9-12H,6-7H2/t9-,10-,11+,12+/m0/s1. The number of carbonyl (C=O) groups is 1. The summed E-state index contributed by atoms with van der Waals surface area (Å²) in [6, 6.07) is 9.46. The molecule has 1 aliphatic heterocycles. The van der Waals surface area contributed by atoms with E-state index < -0.39 is 6.17 Å². The van der Waals surface area contributed by atoms with E-state index in [2.05, 4.69) is 15.9 Å². The van der Waals surface area contributed by atoms with E-state index in [0.29, 0.717) is 13.0 Å². The van der Waals surface area contributed by atoms with Crippen molar-refractivity contribution in [2.75, 3.05) is 0 Å². The molecule has 2 fully saturated rings. The van der Waals surface area contributed by atoms with Gasteiger partial charge in [0, 0.05) is 11.4 Å². The van der Waals surface area contributed by atoms with Crippen molar-refractivity contribution in [2.24, 2.45) is 5.92 Å². The molecular formula is C13H13BrFNO. The monoisotopic (exact) mass is 297 g/mol. The number of hydrogen-bond acceptors (Lipinski definition) is 1. The summed E-state index contributed by atoms with van der Waals surface area (Å²) in [5.74, 6) is -0.0756. The summed E-state index contributed by atoms with van der Waals surface area (Å²) in [7, 11) is 0. The van der Waals surface area contributed by atoms with Gasteiger partial charge in [-0.25, -0.2) is 4.39 Å². The van der Waals surface area contributed by atoms with Gasteiger partial charge in [-0.1, -0.05) is 46.3 Å². The van der Waals surface area contributed by atoms with E-state index >= 15 is 0 Å². The first-order chi connectivity index (χ1) is 8.18. The predicted molar refractivity (Wildman–Crippen MR) is 66.5 cm³/mol. The van der Waals surface area contributed by atoms with Gasteiger partial charge in [0.25, 0.3) is 0 Å². The maximum atomic E-state index is 13.8. The lowest BCUT2D eigenvalue weighted by atomic mass is 10.1. The molecule has 1 heterocycles. The van der Waals surface area contributed by atoms with Gasteiger partial charge < -0.3 is 4.90 Å². The molecular weight excluding hydrogens is 285 g/mol. The SMILES string of the molecule is O=C1[C@H]2C[C@H](F)[C@H]([C@@H]2Br)N1Cc1ccccc1. The van der Waals surface area contributed by atoms with E-state index in [1.165, 1.54) is 0 Å². The molecule has 1 aromatic rings. The molecule has 1 saturated heterocycles.